The minimum atomic E-state index is 0.0623. The number of rotatable bonds is 3. The van der Waals surface area contributed by atoms with Gasteiger partial charge in [0.2, 0.25) is 5.95 Å². The Bertz CT molecular complexity index is 440. The molecule has 0 radical (unpaired) electrons. The van der Waals surface area contributed by atoms with E-state index < -0.39 is 0 Å². The first-order valence-electron chi connectivity index (χ1n) is 5.30. The molecule has 0 spiro atoms. The highest BCUT2D eigenvalue weighted by molar-refractivity contribution is 5.70. The largest absolute Gasteiger partial charge is 0.395 e. The standard InChI is InChI=1S/C8H11N5O.C2H6/c1-13-5-11-6-4-10-8(9-2-3-14)12-7(6)13;1-2/h4-5,14H,2-3H2,1H3,(H,9,10,12);1-2H3. The summed E-state index contributed by atoms with van der Waals surface area (Å²) in [5.41, 5.74) is 1.54. The van der Waals surface area contributed by atoms with Crippen molar-refractivity contribution in [3.8, 4) is 0 Å². The van der Waals surface area contributed by atoms with E-state index in [0.29, 0.717) is 12.5 Å². The zero-order chi connectivity index (χ0) is 12.0. The number of nitrogens with zero attached hydrogens (tertiary/aromatic N) is 4. The van der Waals surface area contributed by atoms with E-state index >= 15 is 0 Å². The van der Waals surface area contributed by atoms with Crippen LogP contribution in [-0.2, 0) is 7.05 Å². The highest BCUT2D eigenvalue weighted by Gasteiger charge is 2.02. The smallest absolute Gasteiger partial charge is 0.224 e. The van der Waals surface area contributed by atoms with Gasteiger partial charge >= 0.3 is 0 Å². The molecule has 0 atom stereocenters. The van der Waals surface area contributed by atoms with Crippen LogP contribution in [0, 0.1) is 0 Å². The molecular weight excluding hydrogens is 206 g/mol. The second kappa shape index (κ2) is 6.02. The van der Waals surface area contributed by atoms with Crippen molar-refractivity contribution in [2.24, 2.45) is 7.05 Å². The van der Waals surface area contributed by atoms with Gasteiger partial charge in [-0.3, -0.25) is 0 Å². The summed E-state index contributed by atoms with van der Waals surface area (Å²) >= 11 is 0. The third-order valence-corrected chi connectivity index (χ3v) is 1.85. The van der Waals surface area contributed by atoms with E-state index in [-0.39, 0.29) is 6.61 Å². The molecule has 6 heteroatoms. The quantitative estimate of drug-likeness (QED) is 0.804. The summed E-state index contributed by atoms with van der Waals surface area (Å²) in [6.45, 7) is 4.51. The Hall–Kier alpha value is -1.69. The van der Waals surface area contributed by atoms with E-state index in [9.17, 15) is 0 Å². The van der Waals surface area contributed by atoms with Crippen molar-refractivity contribution in [2.45, 2.75) is 13.8 Å². The molecule has 0 unspecified atom stereocenters. The summed E-state index contributed by atoms with van der Waals surface area (Å²) < 4.78 is 1.82. The topological polar surface area (TPSA) is 75.9 Å². The van der Waals surface area contributed by atoms with Crippen LogP contribution in [0.25, 0.3) is 11.2 Å². The Morgan fingerprint density at radius 1 is 1.38 bits per heavy atom. The van der Waals surface area contributed by atoms with Gasteiger partial charge in [0.1, 0.15) is 5.52 Å². The average Bonchev–Trinajstić information content (AvgIpc) is 2.71. The minimum Gasteiger partial charge on any atom is -0.395 e. The normalized spacial score (nSPS) is 9.75. The summed E-state index contributed by atoms with van der Waals surface area (Å²) in [6.07, 6.45) is 3.34. The van der Waals surface area contributed by atoms with Gasteiger partial charge in [-0.25, -0.2) is 9.97 Å². The Labute approximate surface area is 94.4 Å². The number of aliphatic hydroxyl groups is 1. The highest BCUT2D eigenvalue weighted by Crippen LogP contribution is 2.09. The van der Waals surface area contributed by atoms with Crippen molar-refractivity contribution < 1.29 is 5.11 Å². The maximum absolute atomic E-state index is 8.62. The molecule has 0 saturated carbocycles. The molecule has 88 valence electrons. The molecule has 0 saturated heterocycles. The van der Waals surface area contributed by atoms with Gasteiger partial charge in [0.15, 0.2) is 5.65 Å². The number of aromatic nitrogens is 4. The molecule has 16 heavy (non-hydrogen) atoms. The van der Waals surface area contributed by atoms with E-state index in [1.807, 2.05) is 25.5 Å². The fourth-order valence-corrected chi connectivity index (χ4v) is 1.17. The molecule has 6 nitrogen and oxygen atoms in total. The number of aliphatic hydroxyl groups excluding tert-OH is 1. The van der Waals surface area contributed by atoms with Gasteiger partial charge in [-0.15, -0.1) is 0 Å². The van der Waals surface area contributed by atoms with Crippen LogP contribution < -0.4 is 5.32 Å². The number of aryl methyl sites for hydroxylation is 1. The molecule has 0 aliphatic carbocycles. The van der Waals surface area contributed by atoms with Crippen molar-refractivity contribution in [1.29, 1.82) is 0 Å². The second-order valence-electron chi connectivity index (χ2n) is 2.91. The van der Waals surface area contributed by atoms with Crippen molar-refractivity contribution in [3.05, 3.63) is 12.5 Å². The van der Waals surface area contributed by atoms with Crippen molar-refractivity contribution in [2.75, 3.05) is 18.5 Å². The van der Waals surface area contributed by atoms with Crippen LogP contribution in [0.4, 0.5) is 5.95 Å². The Morgan fingerprint density at radius 3 is 2.81 bits per heavy atom. The van der Waals surface area contributed by atoms with Crippen LogP contribution in [0.15, 0.2) is 12.5 Å². The van der Waals surface area contributed by atoms with E-state index in [0.717, 1.165) is 11.2 Å². The highest BCUT2D eigenvalue weighted by atomic mass is 16.3. The molecule has 0 aromatic carbocycles. The number of imidazole rings is 1. The minimum absolute atomic E-state index is 0.0623. The van der Waals surface area contributed by atoms with Gasteiger partial charge in [0.25, 0.3) is 0 Å². The summed E-state index contributed by atoms with van der Waals surface area (Å²) in [7, 11) is 1.87. The zero-order valence-corrected chi connectivity index (χ0v) is 9.80. The number of fused-ring (bicyclic) bond motifs is 1. The Kier molecular flexibility index (Phi) is 4.65. The third-order valence-electron chi connectivity index (χ3n) is 1.85. The molecule has 2 heterocycles. The maximum Gasteiger partial charge on any atom is 0.224 e. The molecule has 2 rings (SSSR count). The first-order chi connectivity index (χ1) is 7.81. The molecule has 0 aliphatic heterocycles. The van der Waals surface area contributed by atoms with Gasteiger partial charge in [-0.05, 0) is 0 Å². The summed E-state index contributed by atoms with van der Waals surface area (Å²) in [5.74, 6) is 0.509. The van der Waals surface area contributed by atoms with E-state index in [1.165, 1.54) is 0 Å². The Balaban J connectivity index is 0.000000606. The molecule has 2 aromatic heterocycles. The van der Waals surface area contributed by atoms with Crippen molar-refractivity contribution >= 4 is 17.1 Å². The molecular formula is C10H17N5O. The van der Waals surface area contributed by atoms with Gasteiger partial charge in [-0.1, -0.05) is 13.8 Å². The monoisotopic (exact) mass is 223 g/mol. The van der Waals surface area contributed by atoms with E-state index in [2.05, 4.69) is 20.3 Å². The first kappa shape index (κ1) is 12.4. The number of anilines is 1. The Morgan fingerprint density at radius 2 is 2.12 bits per heavy atom. The fourth-order valence-electron chi connectivity index (χ4n) is 1.17. The zero-order valence-electron chi connectivity index (χ0n) is 9.80. The summed E-state index contributed by atoms with van der Waals surface area (Å²) in [6, 6.07) is 0. The SMILES string of the molecule is CC.Cn1cnc2cnc(NCCO)nc21. The van der Waals surface area contributed by atoms with Crippen LogP contribution in [0.1, 0.15) is 13.8 Å². The summed E-state index contributed by atoms with van der Waals surface area (Å²) in [4.78, 5) is 12.4. The van der Waals surface area contributed by atoms with Crippen LogP contribution in [0.2, 0.25) is 0 Å². The fraction of sp³-hybridized carbons (Fsp3) is 0.500. The van der Waals surface area contributed by atoms with E-state index in [4.69, 9.17) is 5.11 Å². The molecule has 0 bridgehead atoms. The van der Waals surface area contributed by atoms with E-state index in [1.54, 1.807) is 12.5 Å². The van der Waals surface area contributed by atoms with Gasteiger partial charge < -0.3 is 15.0 Å². The number of hydrogen-bond acceptors (Lipinski definition) is 5. The van der Waals surface area contributed by atoms with Crippen LogP contribution in [0.3, 0.4) is 0 Å². The predicted molar refractivity (Wildman–Crippen MR) is 63.2 cm³/mol. The molecule has 0 fully saturated rings. The summed E-state index contributed by atoms with van der Waals surface area (Å²) in [5, 5.41) is 11.5. The molecule has 0 aliphatic rings. The van der Waals surface area contributed by atoms with Crippen molar-refractivity contribution in [1.82, 2.24) is 19.5 Å². The number of hydrogen-bond donors (Lipinski definition) is 2. The first-order valence-corrected chi connectivity index (χ1v) is 5.30. The average molecular weight is 223 g/mol. The van der Waals surface area contributed by atoms with Gasteiger partial charge in [0, 0.05) is 13.6 Å². The van der Waals surface area contributed by atoms with Crippen molar-refractivity contribution in [3.63, 3.8) is 0 Å². The lowest BCUT2D eigenvalue weighted by Gasteiger charge is -2.01. The lowest BCUT2D eigenvalue weighted by atomic mass is 10.5. The molecule has 2 N–H and O–H groups in total. The maximum atomic E-state index is 8.62. The van der Waals surface area contributed by atoms with Crippen LogP contribution in [-0.4, -0.2) is 37.8 Å². The van der Waals surface area contributed by atoms with Gasteiger partial charge in [0.05, 0.1) is 19.1 Å². The van der Waals surface area contributed by atoms with Gasteiger partial charge in [-0.2, -0.15) is 4.98 Å². The predicted octanol–water partition coefficient (Wildman–Crippen LogP) is 0.794. The lowest BCUT2D eigenvalue weighted by Crippen LogP contribution is -2.08. The third kappa shape index (κ3) is 2.66. The van der Waals surface area contributed by atoms with Crippen LogP contribution >= 0.6 is 0 Å². The number of nitrogens with one attached hydrogen (secondary N) is 1. The van der Waals surface area contributed by atoms with Crippen LogP contribution in [0.5, 0.6) is 0 Å². The molecule has 2 aromatic rings. The lowest BCUT2D eigenvalue weighted by molar-refractivity contribution is 0.311. The second-order valence-corrected chi connectivity index (χ2v) is 2.91. The molecule has 0 amide bonds.